The van der Waals surface area contributed by atoms with Crippen molar-refractivity contribution in [3.8, 4) is 0 Å². The van der Waals surface area contributed by atoms with E-state index < -0.39 is 36.0 Å². The molecule has 0 bridgehead atoms. The van der Waals surface area contributed by atoms with Crippen LogP contribution in [0.1, 0.15) is 45.4 Å². The van der Waals surface area contributed by atoms with Crippen LogP contribution in [0.4, 0.5) is 0 Å². The van der Waals surface area contributed by atoms with E-state index in [4.69, 9.17) is 44.0 Å². The maximum atomic E-state index is 10.1. The van der Waals surface area contributed by atoms with Gasteiger partial charge in [0.15, 0.2) is 0 Å². The van der Waals surface area contributed by atoms with Crippen LogP contribution in [0.3, 0.4) is 0 Å². The molecule has 0 radical (unpaired) electrons. The molecule has 0 amide bonds. The molecule has 11 nitrogen and oxygen atoms in total. The number of carboxylic acids is 3. The van der Waals surface area contributed by atoms with E-state index in [-0.39, 0.29) is 0 Å². The fraction of sp³-hybridized carbons (Fsp3) is 0.800. The van der Waals surface area contributed by atoms with Crippen molar-refractivity contribution in [1.82, 2.24) is 0 Å². The van der Waals surface area contributed by atoms with Gasteiger partial charge < -0.3 is 44.0 Å². The summed E-state index contributed by atoms with van der Waals surface area (Å²) in [5.74, 6) is -2.83. The smallest absolute Gasteiger partial charge is 0.320 e. The average Bonchev–Trinajstić information content (AvgIpc) is 2.55. The van der Waals surface area contributed by atoms with Gasteiger partial charge in [-0.1, -0.05) is 12.8 Å². The highest BCUT2D eigenvalue weighted by atomic mass is 16.4. The molecule has 3 atom stereocenters. The van der Waals surface area contributed by atoms with E-state index in [2.05, 4.69) is 0 Å². The number of carbonyl (C=O) groups is 3. The molecule has 0 aliphatic carbocycles. The minimum absolute atomic E-state index is 0.520. The lowest BCUT2D eigenvalue weighted by Crippen LogP contribution is -2.29. The monoisotopic (exact) mass is 381 g/mol. The summed E-state index contributed by atoms with van der Waals surface area (Å²) in [6, 6.07) is -2.16. The van der Waals surface area contributed by atoms with Crippen LogP contribution in [0.15, 0.2) is 0 Å². The Morgan fingerprint density at radius 1 is 0.692 bits per heavy atom. The van der Waals surface area contributed by atoms with Gasteiger partial charge in [0, 0.05) is 0 Å². The first kappa shape index (κ1) is 29.0. The Labute approximate surface area is 153 Å². The van der Waals surface area contributed by atoms with Crippen molar-refractivity contribution in [2.75, 3.05) is 13.1 Å². The highest BCUT2D eigenvalue weighted by Gasteiger charge is 2.09. The maximum Gasteiger partial charge on any atom is 0.320 e. The molecule has 0 aromatic rings. The zero-order chi connectivity index (χ0) is 21.1. The quantitative estimate of drug-likeness (QED) is 0.191. The first-order chi connectivity index (χ1) is 12.0. The fourth-order valence-corrected chi connectivity index (χ4v) is 1.26. The van der Waals surface area contributed by atoms with Crippen molar-refractivity contribution < 1.29 is 29.7 Å². The van der Waals surface area contributed by atoms with Gasteiger partial charge in [-0.25, -0.2) is 0 Å². The molecule has 0 aromatic carbocycles. The molecule has 0 spiro atoms. The molecule has 0 saturated carbocycles. The lowest BCUT2D eigenvalue weighted by molar-refractivity contribution is -0.139. The third-order valence-electron chi connectivity index (χ3n) is 2.96. The molecule has 156 valence electrons. The lowest BCUT2D eigenvalue weighted by Gasteiger charge is -2.03. The van der Waals surface area contributed by atoms with Gasteiger partial charge in [0.1, 0.15) is 18.1 Å². The van der Waals surface area contributed by atoms with Crippen molar-refractivity contribution in [2.45, 2.75) is 63.6 Å². The number of hydrogen-bond acceptors (Lipinski definition) is 8. The zero-order valence-electron chi connectivity index (χ0n) is 15.3. The van der Waals surface area contributed by atoms with Crippen molar-refractivity contribution in [1.29, 1.82) is 0 Å². The Balaban J connectivity index is -0.000000316. The number of nitrogens with two attached hydrogens (primary N) is 5. The zero-order valence-corrected chi connectivity index (χ0v) is 15.3. The number of hydrogen-bond donors (Lipinski definition) is 8. The van der Waals surface area contributed by atoms with Crippen LogP contribution < -0.4 is 28.7 Å². The molecular formula is C15H35N5O6. The van der Waals surface area contributed by atoms with E-state index in [9.17, 15) is 14.4 Å². The Bertz CT molecular complexity index is 356. The van der Waals surface area contributed by atoms with Gasteiger partial charge in [0.2, 0.25) is 0 Å². The summed E-state index contributed by atoms with van der Waals surface area (Å²) >= 11 is 0. The maximum absolute atomic E-state index is 10.1. The first-order valence-corrected chi connectivity index (χ1v) is 8.36. The molecule has 0 aliphatic rings. The number of unbranched alkanes of at least 4 members (excludes halogenated alkanes) is 2. The summed E-state index contributed by atoms with van der Waals surface area (Å²) < 4.78 is 0. The molecule has 11 heteroatoms. The lowest BCUT2D eigenvalue weighted by atomic mass is 10.1. The van der Waals surface area contributed by atoms with Crippen LogP contribution in [-0.4, -0.2) is 64.4 Å². The average molecular weight is 381 g/mol. The largest absolute Gasteiger partial charge is 0.480 e. The Kier molecular flexibility index (Phi) is 21.8. The van der Waals surface area contributed by atoms with Gasteiger partial charge in [-0.05, 0) is 45.7 Å². The molecule has 0 heterocycles. The second-order valence-electron chi connectivity index (χ2n) is 5.59. The SMILES string of the molecule is C[C@H](N)C(=O)O.NCCCC[C@H](N)C(=O)O.NCCCC[C@H](N)C(=O)O. The first-order valence-electron chi connectivity index (χ1n) is 8.36. The van der Waals surface area contributed by atoms with Crippen molar-refractivity contribution in [2.24, 2.45) is 28.7 Å². The van der Waals surface area contributed by atoms with Gasteiger partial charge in [-0.3, -0.25) is 14.4 Å². The molecule has 0 aliphatic heterocycles. The van der Waals surface area contributed by atoms with Gasteiger partial charge in [-0.2, -0.15) is 0 Å². The van der Waals surface area contributed by atoms with Crippen molar-refractivity contribution >= 4 is 17.9 Å². The standard InChI is InChI=1S/2C6H14N2O2.C3H7NO2/c2*7-4-2-1-3-5(8)6(9)10;1-2(4)3(5)6/h2*5H,1-4,7-8H2,(H,9,10);2H,4H2,1H3,(H,5,6)/t2*5-;2-/m000/s1. The summed E-state index contributed by atoms with van der Waals surface area (Å²) in [6.07, 6.45) is 4.33. The Morgan fingerprint density at radius 3 is 1.12 bits per heavy atom. The van der Waals surface area contributed by atoms with Crippen LogP contribution in [0.25, 0.3) is 0 Å². The van der Waals surface area contributed by atoms with Crippen molar-refractivity contribution in [3.05, 3.63) is 0 Å². The van der Waals surface area contributed by atoms with Gasteiger partial charge in [0.25, 0.3) is 0 Å². The van der Waals surface area contributed by atoms with Gasteiger partial charge in [0.05, 0.1) is 0 Å². The third kappa shape index (κ3) is 24.5. The number of aliphatic carboxylic acids is 3. The summed E-state index contributed by atoms with van der Waals surface area (Å²) in [7, 11) is 0. The highest BCUT2D eigenvalue weighted by Crippen LogP contribution is 1.97. The Morgan fingerprint density at radius 2 is 0.962 bits per heavy atom. The van der Waals surface area contributed by atoms with Crippen LogP contribution >= 0.6 is 0 Å². The molecule has 0 unspecified atom stereocenters. The van der Waals surface area contributed by atoms with Crippen LogP contribution in [-0.2, 0) is 14.4 Å². The van der Waals surface area contributed by atoms with Crippen LogP contribution in [0.2, 0.25) is 0 Å². The fourth-order valence-electron chi connectivity index (χ4n) is 1.26. The summed E-state index contributed by atoms with van der Waals surface area (Å²) in [5.41, 5.74) is 25.7. The van der Waals surface area contributed by atoms with Crippen molar-refractivity contribution in [3.63, 3.8) is 0 Å². The van der Waals surface area contributed by atoms with E-state index in [0.29, 0.717) is 25.9 Å². The molecule has 13 N–H and O–H groups in total. The number of rotatable bonds is 11. The number of carboxylic acid groups (broad SMARTS) is 3. The minimum Gasteiger partial charge on any atom is -0.480 e. The summed E-state index contributed by atoms with van der Waals surface area (Å²) in [4.78, 5) is 29.8. The topological polar surface area (TPSA) is 242 Å². The van der Waals surface area contributed by atoms with E-state index in [1.807, 2.05) is 0 Å². The van der Waals surface area contributed by atoms with Crippen LogP contribution in [0, 0.1) is 0 Å². The molecule has 0 fully saturated rings. The Hall–Kier alpha value is -1.79. The van der Waals surface area contributed by atoms with Crippen LogP contribution in [0.5, 0.6) is 0 Å². The predicted octanol–water partition coefficient (Wildman–Crippen LogP) is -1.53. The van der Waals surface area contributed by atoms with E-state index >= 15 is 0 Å². The molecular weight excluding hydrogens is 346 g/mol. The molecule has 0 rings (SSSR count). The second-order valence-corrected chi connectivity index (χ2v) is 5.59. The van der Waals surface area contributed by atoms with Gasteiger partial charge >= 0.3 is 17.9 Å². The summed E-state index contributed by atoms with van der Waals surface area (Å²) in [6.45, 7) is 2.63. The minimum atomic E-state index is -0.963. The van der Waals surface area contributed by atoms with Gasteiger partial charge in [-0.15, -0.1) is 0 Å². The third-order valence-corrected chi connectivity index (χ3v) is 2.96. The highest BCUT2D eigenvalue weighted by molar-refractivity contribution is 5.73. The normalized spacial score (nSPS) is 13.2. The molecule has 0 saturated heterocycles. The molecule has 26 heavy (non-hydrogen) atoms. The predicted molar refractivity (Wildman–Crippen MR) is 98.3 cm³/mol. The molecule has 0 aromatic heterocycles. The van der Waals surface area contributed by atoms with E-state index in [1.165, 1.54) is 6.92 Å². The second kappa shape index (κ2) is 19.5. The van der Waals surface area contributed by atoms with E-state index in [0.717, 1.165) is 25.7 Å². The van der Waals surface area contributed by atoms with E-state index in [1.54, 1.807) is 0 Å². The summed E-state index contributed by atoms with van der Waals surface area (Å²) in [5, 5.41) is 24.5.